The van der Waals surface area contributed by atoms with Crippen LogP contribution in [0.2, 0.25) is 0 Å². The fourth-order valence-corrected chi connectivity index (χ4v) is 1.35. The van der Waals surface area contributed by atoms with Crippen LogP contribution in [-0.4, -0.2) is 19.9 Å². The number of aryl methyl sites for hydroxylation is 1. The van der Waals surface area contributed by atoms with Gasteiger partial charge in [-0.2, -0.15) is 0 Å². The molecule has 2 rings (SSSR count). The van der Waals surface area contributed by atoms with Crippen LogP contribution in [0.3, 0.4) is 0 Å². The molecule has 2 N–H and O–H groups in total. The van der Waals surface area contributed by atoms with Gasteiger partial charge in [0, 0.05) is 12.3 Å². The van der Waals surface area contributed by atoms with Crippen molar-refractivity contribution < 1.29 is 0 Å². The molecule has 0 aliphatic rings. The molecule has 2 aromatic rings. The summed E-state index contributed by atoms with van der Waals surface area (Å²) >= 11 is 4.85. The summed E-state index contributed by atoms with van der Waals surface area (Å²) in [5.41, 5.74) is 1.73. The van der Waals surface area contributed by atoms with Crippen molar-refractivity contribution in [2.75, 3.05) is 0 Å². The molecule has 0 atom stereocenters. The third-order valence-corrected chi connectivity index (χ3v) is 2.02. The van der Waals surface area contributed by atoms with Crippen LogP contribution < -0.4 is 5.56 Å². The van der Waals surface area contributed by atoms with Gasteiger partial charge in [-0.25, -0.2) is 0 Å². The van der Waals surface area contributed by atoms with Crippen LogP contribution in [0.15, 0.2) is 23.3 Å². The minimum absolute atomic E-state index is 0.254. The molecule has 0 radical (unpaired) electrons. The summed E-state index contributed by atoms with van der Waals surface area (Å²) in [4.78, 5) is 24.7. The van der Waals surface area contributed by atoms with Crippen molar-refractivity contribution in [1.82, 2.24) is 19.9 Å². The van der Waals surface area contributed by atoms with Crippen molar-refractivity contribution in [3.8, 4) is 11.4 Å². The minimum Gasteiger partial charge on any atom is -0.330 e. The smallest absolute Gasteiger partial charge is 0.252 e. The Balaban J connectivity index is 2.59. The van der Waals surface area contributed by atoms with Gasteiger partial charge >= 0.3 is 0 Å². The predicted molar refractivity (Wildman–Crippen MR) is 58.0 cm³/mol. The third kappa shape index (κ3) is 2.16. The van der Waals surface area contributed by atoms with Crippen LogP contribution in [0, 0.1) is 11.7 Å². The van der Waals surface area contributed by atoms with Crippen molar-refractivity contribution in [3.63, 3.8) is 0 Å². The fraction of sp³-hybridized carbons (Fsp3) is 0.111. The molecule has 0 aliphatic heterocycles. The molecule has 0 spiro atoms. The maximum Gasteiger partial charge on any atom is 0.252 e. The zero-order valence-corrected chi connectivity index (χ0v) is 8.76. The number of nitrogens with zero attached hydrogens (tertiary/aromatic N) is 2. The van der Waals surface area contributed by atoms with Crippen LogP contribution in [0.4, 0.5) is 0 Å². The number of aromatic amines is 2. The first kappa shape index (κ1) is 9.72. The lowest BCUT2D eigenvalue weighted by Crippen LogP contribution is -2.06. The highest BCUT2D eigenvalue weighted by molar-refractivity contribution is 7.71. The molecule has 15 heavy (non-hydrogen) atoms. The molecule has 2 heterocycles. The monoisotopic (exact) mass is 220 g/mol. The molecule has 0 bridgehead atoms. The van der Waals surface area contributed by atoms with E-state index >= 15 is 0 Å². The van der Waals surface area contributed by atoms with Crippen LogP contribution in [0.5, 0.6) is 0 Å². The quantitative estimate of drug-likeness (QED) is 0.708. The second kappa shape index (κ2) is 3.74. The summed E-state index contributed by atoms with van der Waals surface area (Å²) in [6.45, 7) is 1.84. The molecule has 76 valence electrons. The van der Waals surface area contributed by atoms with Crippen LogP contribution >= 0.6 is 12.2 Å². The average Bonchev–Trinajstić information content (AvgIpc) is 2.17. The van der Waals surface area contributed by atoms with E-state index in [1.54, 1.807) is 12.4 Å². The number of hydrogen-bond donors (Lipinski definition) is 2. The van der Waals surface area contributed by atoms with Crippen LogP contribution in [0.25, 0.3) is 11.4 Å². The van der Waals surface area contributed by atoms with Crippen molar-refractivity contribution in [2.24, 2.45) is 0 Å². The number of hydrogen-bond acceptors (Lipinski definition) is 4. The van der Waals surface area contributed by atoms with Gasteiger partial charge in [-0.15, -0.1) is 0 Å². The van der Waals surface area contributed by atoms with Crippen molar-refractivity contribution in [2.45, 2.75) is 6.92 Å². The van der Waals surface area contributed by atoms with E-state index in [1.165, 1.54) is 6.07 Å². The van der Waals surface area contributed by atoms with E-state index in [0.717, 1.165) is 5.69 Å². The van der Waals surface area contributed by atoms with E-state index in [9.17, 15) is 4.79 Å². The van der Waals surface area contributed by atoms with Gasteiger partial charge in [-0.05, 0) is 19.1 Å². The molecule has 5 nitrogen and oxygen atoms in total. The normalized spacial score (nSPS) is 10.2. The Labute approximate surface area is 90.3 Å². The Hall–Kier alpha value is -1.82. The number of nitrogens with one attached hydrogen (secondary N) is 2. The van der Waals surface area contributed by atoms with Crippen molar-refractivity contribution in [3.05, 3.63) is 39.3 Å². The lowest BCUT2D eigenvalue weighted by Gasteiger charge is -1.99. The van der Waals surface area contributed by atoms with E-state index < -0.39 is 0 Å². The lowest BCUT2D eigenvalue weighted by atomic mass is 10.3. The minimum atomic E-state index is -0.254. The van der Waals surface area contributed by atoms with Crippen molar-refractivity contribution >= 4 is 12.2 Å². The Morgan fingerprint density at radius 1 is 1.27 bits per heavy atom. The Bertz CT molecular complexity index is 556. The zero-order chi connectivity index (χ0) is 10.8. The first-order valence-corrected chi connectivity index (χ1v) is 4.68. The van der Waals surface area contributed by atoms with E-state index in [-0.39, 0.29) is 10.3 Å². The first-order chi connectivity index (χ1) is 7.15. The highest BCUT2D eigenvalue weighted by Gasteiger charge is 2.00. The van der Waals surface area contributed by atoms with Gasteiger partial charge in [0.1, 0.15) is 5.69 Å². The summed E-state index contributed by atoms with van der Waals surface area (Å²) < 4.78 is 0.278. The fourth-order valence-electron chi connectivity index (χ4n) is 1.14. The summed E-state index contributed by atoms with van der Waals surface area (Å²) in [5.74, 6) is 0. The van der Waals surface area contributed by atoms with E-state index in [1.807, 2.05) is 6.92 Å². The largest absolute Gasteiger partial charge is 0.330 e. The van der Waals surface area contributed by atoms with E-state index in [4.69, 9.17) is 12.2 Å². The molecule has 0 aliphatic carbocycles. The highest BCUT2D eigenvalue weighted by Crippen LogP contribution is 2.09. The van der Waals surface area contributed by atoms with Crippen LogP contribution in [-0.2, 0) is 0 Å². The predicted octanol–water partition coefficient (Wildman–Crippen LogP) is 1.20. The Morgan fingerprint density at radius 3 is 2.67 bits per heavy atom. The average molecular weight is 220 g/mol. The number of H-pyrrole nitrogens is 2. The standard InChI is InChI=1S/C9H8N4OS/c1-5-3-11-7(4-10-5)6-2-8(14)13-9(15)12-6/h2-4H,1H3,(H2,12,13,14,15). The molecule has 0 amide bonds. The number of aromatic nitrogens is 4. The van der Waals surface area contributed by atoms with Gasteiger partial charge in [0.25, 0.3) is 5.56 Å². The SMILES string of the molecule is Cc1cnc(-c2cc(=O)[nH]c(=S)[nH]2)cn1. The third-order valence-electron chi connectivity index (χ3n) is 1.82. The Kier molecular flexibility index (Phi) is 2.42. The summed E-state index contributed by atoms with van der Waals surface area (Å²) in [7, 11) is 0. The summed E-state index contributed by atoms with van der Waals surface area (Å²) in [6, 6.07) is 1.40. The van der Waals surface area contributed by atoms with E-state index in [0.29, 0.717) is 11.4 Å². The van der Waals surface area contributed by atoms with Gasteiger partial charge in [0.05, 0.1) is 17.6 Å². The molecule has 0 saturated carbocycles. The number of rotatable bonds is 1. The molecule has 0 unspecified atom stereocenters. The second-order valence-corrected chi connectivity index (χ2v) is 3.45. The highest BCUT2D eigenvalue weighted by atomic mass is 32.1. The van der Waals surface area contributed by atoms with Gasteiger partial charge in [0.15, 0.2) is 4.77 Å². The molecule has 6 heteroatoms. The van der Waals surface area contributed by atoms with Gasteiger partial charge in [-0.3, -0.25) is 19.7 Å². The molecule has 2 aromatic heterocycles. The second-order valence-electron chi connectivity index (χ2n) is 3.04. The van der Waals surface area contributed by atoms with Crippen molar-refractivity contribution in [1.29, 1.82) is 0 Å². The lowest BCUT2D eigenvalue weighted by molar-refractivity contribution is 1.06. The van der Waals surface area contributed by atoms with E-state index in [2.05, 4.69) is 19.9 Å². The topological polar surface area (TPSA) is 74.4 Å². The molecular formula is C9H8N4OS. The van der Waals surface area contributed by atoms with Gasteiger partial charge < -0.3 is 4.98 Å². The van der Waals surface area contributed by atoms with Crippen LogP contribution in [0.1, 0.15) is 5.69 Å². The summed E-state index contributed by atoms with van der Waals surface area (Å²) in [6.07, 6.45) is 3.22. The van der Waals surface area contributed by atoms with Gasteiger partial charge in [0.2, 0.25) is 0 Å². The van der Waals surface area contributed by atoms with Gasteiger partial charge in [-0.1, -0.05) is 0 Å². The molecule has 0 aromatic carbocycles. The zero-order valence-electron chi connectivity index (χ0n) is 7.94. The maximum absolute atomic E-state index is 11.2. The summed E-state index contributed by atoms with van der Waals surface area (Å²) in [5, 5.41) is 0. The molecule has 0 saturated heterocycles. The Morgan fingerprint density at radius 2 is 2.07 bits per heavy atom. The maximum atomic E-state index is 11.2. The molecule has 0 fully saturated rings. The molecular weight excluding hydrogens is 212 g/mol. The first-order valence-electron chi connectivity index (χ1n) is 4.28.